The van der Waals surface area contributed by atoms with Gasteiger partial charge in [-0.1, -0.05) is 0 Å². The van der Waals surface area contributed by atoms with Gasteiger partial charge in [0.2, 0.25) is 0 Å². The second kappa shape index (κ2) is 4.81. The van der Waals surface area contributed by atoms with E-state index < -0.39 is 0 Å². The lowest BCUT2D eigenvalue weighted by atomic mass is 10.1. The van der Waals surface area contributed by atoms with Crippen molar-refractivity contribution in [2.45, 2.75) is 32.7 Å². The lowest BCUT2D eigenvalue weighted by Gasteiger charge is -2.26. The van der Waals surface area contributed by atoms with E-state index in [1.807, 2.05) is 30.9 Å². The molecule has 1 saturated carbocycles. The van der Waals surface area contributed by atoms with E-state index in [9.17, 15) is 4.79 Å². The van der Waals surface area contributed by atoms with Crippen molar-refractivity contribution in [3.63, 3.8) is 0 Å². The fraction of sp³-hybridized carbons (Fsp3) is 0.467. The number of amides is 1. The number of hydrogen-bond acceptors (Lipinski definition) is 3. The molecule has 106 valence electrons. The Bertz CT molecular complexity index is 642. The SMILES string of the molecule is CC(C)N(CC1CC1)C(=O)c1n[nH]c2ccc(N)cc12. The standard InChI is InChI=1S/C15H20N4O/c1-9(2)19(8-10-3-4-10)15(20)14-12-7-11(16)5-6-13(12)17-18-14/h5-7,9-10H,3-4,8,16H2,1-2H3,(H,17,18). The summed E-state index contributed by atoms with van der Waals surface area (Å²) in [7, 11) is 0. The average molecular weight is 272 g/mol. The Kier molecular flexibility index (Phi) is 3.12. The summed E-state index contributed by atoms with van der Waals surface area (Å²) in [4.78, 5) is 14.7. The largest absolute Gasteiger partial charge is 0.399 e. The topological polar surface area (TPSA) is 75.0 Å². The van der Waals surface area contributed by atoms with Crippen molar-refractivity contribution in [2.75, 3.05) is 12.3 Å². The molecule has 1 amide bonds. The van der Waals surface area contributed by atoms with E-state index in [2.05, 4.69) is 10.2 Å². The number of carbonyl (C=O) groups excluding carboxylic acids is 1. The van der Waals surface area contributed by atoms with Crippen LogP contribution >= 0.6 is 0 Å². The van der Waals surface area contributed by atoms with E-state index in [4.69, 9.17) is 5.73 Å². The minimum absolute atomic E-state index is 0.0104. The van der Waals surface area contributed by atoms with Crippen LogP contribution < -0.4 is 5.73 Å². The highest BCUT2D eigenvalue weighted by atomic mass is 16.2. The average Bonchev–Trinajstić information content (AvgIpc) is 3.13. The van der Waals surface area contributed by atoms with Crippen LogP contribution in [0.4, 0.5) is 5.69 Å². The van der Waals surface area contributed by atoms with Crippen LogP contribution in [0.15, 0.2) is 18.2 Å². The fourth-order valence-electron chi connectivity index (χ4n) is 2.44. The Labute approximate surface area is 118 Å². The number of nitrogens with two attached hydrogens (primary N) is 1. The summed E-state index contributed by atoms with van der Waals surface area (Å²) in [5.74, 6) is 0.653. The molecule has 0 unspecified atom stereocenters. The molecule has 1 aromatic heterocycles. The van der Waals surface area contributed by atoms with Crippen molar-refractivity contribution >= 4 is 22.5 Å². The Hall–Kier alpha value is -2.04. The summed E-state index contributed by atoms with van der Waals surface area (Å²) in [6.45, 7) is 4.92. The molecule has 0 radical (unpaired) electrons. The number of carbonyl (C=O) groups is 1. The first-order chi connectivity index (χ1) is 9.56. The molecule has 3 N–H and O–H groups in total. The maximum absolute atomic E-state index is 12.7. The maximum atomic E-state index is 12.7. The summed E-state index contributed by atoms with van der Waals surface area (Å²) in [6.07, 6.45) is 2.45. The second-order valence-electron chi connectivity index (χ2n) is 5.87. The molecule has 1 aliphatic rings. The quantitative estimate of drug-likeness (QED) is 0.839. The molecule has 1 aromatic carbocycles. The number of aromatic nitrogens is 2. The highest BCUT2D eigenvalue weighted by Crippen LogP contribution is 2.31. The zero-order valence-electron chi connectivity index (χ0n) is 11.9. The number of benzene rings is 1. The van der Waals surface area contributed by atoms with Crippen molar-refractivity contribution in [2.24, 2.45) is 5.92 Å². The van der Waals surface area contributed by atoms with Gasteiger partial charge in [-0.25, -0.2) is 0 Å². The molecular weight excluding hydrogens is 252 g/mol. The number of aromatic amines is 1. The molecule has 0 saturated heterocycles. The van der Waals surface area contributed by atoms with Gasteiger partial charge in [-0.3, -0.25) is 9.89 Å². The number of nitrogens with one attached hydrogen (secondary N) is 1. The van der Waals surface area contributed by atoms with Crippen molar-refractivity contribution in [3.8, 4) is 0 Å². The number of hydrogen-bond donors (Lipinski definition) is 2. The highest BCUT2D eigenvalue weighted by Gasteiger charge is 2.30. The van der Waals surface area contributed by atoms with Gasteiger partial charge in [0.25, 0.3) is 5.91 Å². The molecule has 0 spiro atoms. The third-order valence-electron chi connectivity index (χ3n) is 3.83. The van der Waals surface area contributed by atoms with Gasteiger partial charge in [0.05, 0.1) is 5.52 Å². The van der Waals surface area contributed by atoms with Crippen molar-refractivity contribution in [1.82, 2.24) is 15.1 Å². The number of fused-ring (bicyclic) bond motifs is 1. The van der Waals surface area contributed by atoms with Gasteiger partial charge in [-0.2, -0.15) is 5.10 Å². The third kappa shape index (κ3) is 2.35. The van der Waals surface area contributed by atoms with Gasteiger partial charge in [-0.15, -0.1) is 0 Å². The Morgan fingerprint density at radius 1 is 1.50 bits per heavy atom. The zero-order chi connectivity index (χ0) is 14.3. The van der Waals surface area contributed by atoms with Crippen LogP contribution in [0.25, 0.3) is 10.9 Å². The van der Waals surface area contributed by atoms with Crippen LogP contribution in [0, 0.1) is 5.92 Å². The molecule has 0 atom stereocenters. The lowest BCUT2D eigenvalue weighted by molar-refractivity contribution is 0.0692. The highest BCUT2D eigenvalue weighted by molar-refractivity contribution is 6.05. The third-order valence-corrected chi connectivity index (χ3v) is 3.83. The first-order valence-electron chi connectivity index (χ1n) is 7.11. The molecule has 20 heavy (non-hydrogen) atoms. The summed E-state index contributed by atoms with van der Waals surface area (Å²) in [6, 6.07) is 5.64. The van der Waals surface area contributed by atoms with E-state index in [1.54, 1.807) is 6.07 Å². The molecular formula is C15H20N4O. The predicted octanol–water partition coefficient (Wildman–Crippen LogP) is 2.41. The van der Waals surface area contributed by atoms with Gasteiger partial charge in [-0.05, 0) is 50.8 Å². The van der Waals surface area contributed by atoms with E-state index in [-0.39, 0.29) is 11.9 Å². The Balaban J connectivity index is 1.95. The fourth-order valence-corrected chi connectivity index (χ4v) is 2.44. The molecule has 1 fully saturated rings. The second-order valence-corrected chi connectivity index (χ2v) is 5.87. The van der Waals surface area contributed by atoms with Crippen LogP contribution in [0.3, 0.4) is 0 Å². The van der Waals surface area contributed by atoms with Crippen LogP contribution in [0.2, 0.25) is 0 Å². The van der Waals surface area contributed by atoms with Crippen LogP contribution in [-0.2, 0) is 0 Å². The predicted molar refractivity (Wildman–Crippen MR) is 79.4 cm³/mol. The van der Waals surface area contributed by atoms with E-state index in [0.717, 1.165) is 17.4 Å². The van der Waals surface area contributed by atoms with E-state index >= 15 is 0 Å². The summed E-state index contributed by atoms with van der Waals surface area (Å²) in [5.41, 5.74) is 7.78. The van der Waals surface area contributed by atoms with Crippen LogP contribution in [0.1, 0.15) is 37.2 Å². The minimum Gasteiger partial charge on any atom is -0.399 e. The number of H-pyrrole nitrogens is 1. The van der Waals surface area contributed by atoms with Crippen molar-refractivity contribution in [1.29, 1.82) is 0 Å². The smallest absolute Gasteiger partial charge is 0.275 e. The molecule has 5 nitrogen and oxygen atoms in total. The van der Waals surface area contributed by atoms with E-state index in [0.29, 0.717) is 17.3 Å². The van der Waals surface area contributed by atoms with E-state index in [1.165, 1.54) is 12.8 Å². The van der Waals surface area contributed by atoms with Gasteiger partial charge >= 0.3 is 0 Å². The molecule has 3 rings (SSSR count). The van der Waals surface area contributed by atoms with Gasteiger partial charge in [0.1, 0.15) is 0 Å². The lowest BCUT2D eigenvalue weighted by Crippen LogP contribution is -2.38. The Morgan fingerprint density at radius 2 is 2.25 bits per heavy atom. The number of anilines is 1. The van der Waals surface area contributed by atoms with Gasteiger partial charge in [0, 0.05) is 23.7 Å². The Morgan fingerprint density at radius 3 is 2.90 bits per heavy atom. The minimum atomic E-state index is -0.0104. The number of nitrogens with zero attached hydrogens (tertiary/aromatic N) is 2. The summed E-state index contributed by atoms with van der Waals surface area (Å²) >= 11 is 0. The molecule has 0 bridgehead atoms. The first kappa shape index (κ1) is 13.0. The van der Waals surface area contributed by atoms with Crippen molar-refractivity contribution in [3.05, 3.63) is 23.9 Å². The molecule has 1 heterocycles. The van der Waals surface area contributed by atoms with Crippen LogP contribution in [-0.4, -0.2) is 33.6 Å². The first-order valence-corrected chi connectivity index (χ1v) is 7.11. The van der Waals surface area contributed by atoms with Gasteiger partial charge < -0.3 is 10.6 Å². The number of nitrogen functional groups attached to an aromatic ring is 1. The molecule has 5 heteroatoms. The maximum Gasteiger partial charge on any atom is 0.275 e. The van der Waals surface area contributed by atoms with Gasteiger partial charge in [0.15, 0.2) is 5.69 Å². The summed E-state index contributed by atoms with van der Waals surface area (Å²) in [5, 5.41) is 7.90. The number of rotatable bonds is 4. The van der Waals surface area contributed by atoms with Crippen LogP contribution in [0.5, 0.6) is 0 Å². The van der Waals surface area contributed by atoms with Crippen molar-refractivity contribution < 1.29 is 4.79 Å². The monoisotopic (exact) mass is 272 g/mol. The summed E-state index contributed by atoms with van der Waals surface area (Å²) < 4.78 is 0. The zero-order valence-corrected chi connectivity index (χ0v) is 11.9. The molecule has 0 aliphatic heterocycles. The molecule has 1 aliphatic carbocycles. The molecule has 2 aromatic rings. The normalized spacial score (nSPS) is 14.9.